The van der Waals surface area contributed by atoms with Gasteiger partial charge in [0.15, 0.2) is 0 Å². The molecule has 0 aliphatic rings. The van der Waals surface area contributed by atoms with Crippen LogP contribution in [0, 0.1) is 6.92 Å². The van der Waals surface area contributed by atoms with Crippen molar-refractivity contribution in [3.63, 3.8) is 0 Å². The summed E-state index contributed by atoms with van der Waals surface area (Å²) in [7, 11) is 0. The van der Waals surface area contributed by atoms with Crippen molar-refractivity contribution in [3.05, 3.63) is 34.9 Å². The van der Waals surface area contributed by atoms with Gasteiger partial charge in [-0.05, 0) is 34.9 Å². The zero-order valence-corrected chi connectivity index (χ0v) is 12.0. The van der Waals surface area contributed by atoms with Crippen LogP contribution in [0.15, 0.2) is 18.2 Å². The Hall–Kier alpha value is -0.300. The monoisotopic (exact) mass is 268 g/mol. The summed E-state index contributed by atoms with van der Waals surface area (Å²) in [6, 6.07) is 6.86. The van der Waals surface area contributed by atoms with Crippen molar-refractivity contribution in [2.75, 3.05) is 5.33 Å². The summed E-state index contributed by atoms with van der Waals surface area (Å²) in [6.07, 6.45) is 0. The Labute approximate surface area is 102 Å². The topological polar surface area (TPSA) is 0 Å². The van der Waals surface area contributed by atoms with Crippen LogP contribution in [0.3, 0.4) is 0 Å². The molecular weight excluding hydrogens is 248 g/mol. The number of rotatable bonds is 2. The summed E-state index contributed by atoms with van der Waals surface area (Å²) in [5.41, 5.74) is 4.54. The van der Waals surface area contributed by atoms with Crippen LogP contribution in [0.4, 0.5) is 0 Å². The molecule has 0 aromatic heterocycles. The van der Waals surface area contributed by atoms with Crippen LogP contribution < -0.4 is 0 Å². The van der Waals surface area contributed by atoms with Gasteiger partial charge in [-0.15, -0.1) is 0 Å². The van der Waals surface area contributed by atoms with Gasteiger partial charge in [-0.1, -0.05) is 61.8 Å². The summed E-state index contributed by atoms with van der Waals surface area (Å²) < 4.78 is 0. The fraction of sp³-hybridized carbons (Fsp3) is 0.571. The molecule has 1 heteroatoms. The molecule has 0 heterocycles. The highest BCUT2D eigenvalue weighted by Gasteiger charge is 2.16. The smallest absolute Gasteiger partial charge is 0.00976 e. The van der Waals surface area contributed by atoms with E-state index in [4.69, 9.17) is 0 Å². The fourth-order valence-electron chi connectivity index (χ4n) is 1.72. The summed E-state index contributed by atoms with van der Waals surface area (Å²) in [6.45, 7) is 11.3. The van der Waals surface area contributed by atoms with Gasteiger partial charge in [-0.25, -0.2) is 0 Å². The lowest BCUT2D eigenvalue weighted by Gasteiger charge is -2.22. The first-order valence-electron chi connectivity index (χ1n) is 5.53. The highest BCUT2D eigenvalue weighted by atomic mass is 79.9. The molecule has 1 atom stereocenters. The second-order valence-electron chi connectivity index (χ2n) is 5.38. The molecule has 0 N–H and O–H groups in total. The number of hydrogen-bond acceptors (Lipinski definition) is 0. The van der Waals surface area contributed by atoms with E-state index in [0.717, 1.165) is 5.33 Å². The van der Waals surface area contributed by atoms with E-state index >= 15 is 0 Å². The summed E-state index contributed by atoms with van der Waals surface area (Å²) >= 11 is 3.56. The molecule has 1 unspecified atom stereocenters. The van der Waals surface area contributed by atoms with Crippen molar-refractivity contribution in [1.82, 2.24) is 0 Å². The first-order chi connectivity index (χ1) is 6.86. The minimum absolute atomic E-state index is 0.245. The highest BCUT2D eigenvalue weighted by Crippen LogP contribution is 2.28. The molecule has 0 fully saturated rings. The van der Waals surface area contributed by atoms with Gasteiger partial charge in [0.1, 0.15) is 0 Å². The number of benzene rings is 1. The predicted molar refractivity (Wildman–Crippen MR) is 72.1 cm³/mol. The van der Waals surface area contributed by atoms with Crippen LogP contribution in [-0.4, -0.2) is 5.33 Å². The van der Waals surface area contributed by atoms with Crippen LogP contribution in [-0.2, 0) is 5.41 Å². The van der Waals surface area contributed by atoms with E-state index < -0.39 is 0 Å². The molecular formula is C14H21Br. The SMILES string of the molecule is Cc1ccc(C(C)(C)C)cc1C(C)CBr. The summed E-state index contributed by atoms with van der Waals surface area (Å²) in [5, 5.41) is 1.03. The maximum Gasteiger partial charge on any atom is 0.00976 e. The number of alkyl halides is 1. The van der Waals surface area contributed by atoms with Crippen LogP contribution >= 0.6 is 15.9 Å². The van der Waals surface area contributed by atoms with E-state index in [1.54, 1.807) is 0 Å². The van der Waals surface area contributed by atoms with E-state index in [0.29, 0.717) is 5.92 Å². The molecule has 84 valence electrons. The molecule has 0 aliphatic carbocycles. The highest BCUT2D eigenvalue weighted by molar-refractivity contribution is 9.09. The molecule has 0 saturated heterocycles. The average Bonchev–Trinajstić information content (AvgIpc) is 2.15. The lowest BCUT2D eigenvalue weighted by Crippen LogP contribution is -2.12. The molecule has 1 rings (SSSR count). The van der Waals surface area contributed by atoms with Crippen molar-refractivity contribution in [3.8, 4) is 0 Å². The fourth-order valence-corrected chi connectivity index (χ4v) is 2.07. The lowest BCUT2D eigenvalue weighted by molar-refractivity contribution is 0.588. The molecule has 1 aromatic rings. The third kappa shape index (κ3) is 3.07. The Balaban J connectivity index is 3.17. The van der Waals surface area contributed by atoms with Gasteiger partial charge in [0.05, 0.1) is 0 Å². The first kappa shape index (κ1) is 12.8. The average molecular weight is 269 g/mol. The second-order valence-corrected chi connectivity index (χ2v) is 6.02. The number of hydrogen-bond donors (Lipinski definition) is 0. The van der Waals surface area contributed by atoms with Crippen molar-refractivity contribution in [1.29, 1.82) is 0 Å². The van der Waals surface area contributed by atoms with Gasteiger partial charge in [0.25, 0.3) is 0 Å². The van der Waals surface area contributed by atoms with Crippen molar-refractivity contribution in [2.45, 2.75) is 46.0 Å². The van der Waals surface area contributed by atoms with Crippen LogP contribution in [0.25, 0.3) is 0 Å². The van der Waals surface area contributed by atoms with E-state index in [1.807, 2.05) is 0 Å². The molecule has 0 amide bonds. The summed E-state index contributed by atoms with van der Waals surface area (Å²) in [5.74, 6) is 0.590. The number of halogens is 1. The van der Waals surface area contributed by atoms with E-state index in [-0.39, 0.29) is 5.41 Å². The van der Waals surface area contributed by atoms with Gasteiger partial charge in [-0.2, -0.15) is 0 Å². The molecule has 15 heavy (non-hydrogen) atoms. The first-order valence-corrected chi connectivity index (χ1v) is 6.65. The Morgan fingerprint density at radius 1 is 1.27 bits per heavy atom. The normalized spacial score (nSPS) is 14.0. The van der Waals surface area contributed by atoms with E-state index in [9.17, 15) is 0 Å². The number of aryl methyl sites for hydroxylation is 1. The van der Waals surface area contributed by atoms with E-state index in [1.165, 1.54) is 16.7 Å². The van der Waals surface area contributed by atoms with Crippen molar-refractivity contribution >= 4 is 15.9 Å². The van der Waals surface area contributed by atoms with Crippen LogP contribution in [0.1, 0.15) is 50.3 Å². The van der Waals surface area contributed by atoms with Gasteiger partial charge in [0.2, 0.25) is 0 Å². The minimum atomic E-state index is 0.245. The van der Waals surface area contributed by atoms with Gasteiger partial charge in [0, 0.05) is 5.33 Å². The molecule has 0 aliphatic heterocycles. The Morgan fingerprint density at radius 2 is 1.87 bits per heavy atom. The predicted octanol–water partition coefficient (Wildman–Crippen LogP) is 4.79. The molecule has 0 spiro atoms. The molecule has 1 aromatic carbocycles. The lowest BCUT2D eigenvalue weighted by atomic mass is 9.83. The second kappa shape index (κ2) is 4.69. The van der Waals surface area contributed by atoms with Gasteiger partial charge < -0.3 is 0 Å². The molecule has 0 bridgehead atoms. The maximum absolute atomic E-state index is 3.56. The standard InChI is InChI=1S/C14H21Br/c1-10-6-7-12(14(3,4)5)8-13(10)11(2)9-15/h6-8,11H,9H2,1-5H3. The molecule has 0 saturated carbocycles. The quantitative estimate of drug-likeness (QED) is 0.677. The molecule has 0 nitrogen and oxygen atoms in total. The van der Waals surface area contributed by atoms with Crippen molar-refractivity contribution < 1.29 is 0 Å². The third-order valence-electron chi connectivity index (χ3n) is 2.91. The van der Waals surface area contributed by atoms with Gasteiger partial charge in [-0.3, -0.25) is 0 Å². The Bertz CT molecular complexity index is 334. The third-order valence-corrected chi connectivity index (χ3v) is 3.88. The largest absolute Gasteiger partial charge is 0.0922 e. The van der Waals surface area contributed by atoms with E-state index in [2.05, 4.69) is 68.7 Å². The maximum atomic E-state index is 3.56. The van der Waals surface area contributed by atoms with Gasteiger partial charge >= 0.3 is 0 Å². The zero-order valence-electron chi connectivity index (χ0n) is 10.4. The zero-order chi connectivity index (χ0) is 11.6. The Kier molecular flexibility index (Phi) is 3.99. The summed E-state index contributed by atoms with van der Waals surface area (Å²) in [4.78, 5) is 0. The minimum Gasteiger partial charge on any atom is -0.0922 e. The molecule has 0 radical (unpaired) electrons. The van der Waals surface area contributed by atoms with Crippen molar-refractivity contribution in [2.24, 2.45) is 0 Å². The van der Waals surface area contributed by atoms with Crippen LogP contribution in [0.5, 0.6) is 0 Å². The Morgan fingerprint density at radius 3 is 2.33 bits per heavy atom. The van der Waals surface area contributed by atoms with Crippen LogP contribution in [0.2, 0.25) is 0 Å².